The number of benzene rings is 1. The van der Waals surface area contributed by atoms with Crippen molar-refractivity contribution in [1.82, 2.24) is 10.2 Å². The first-order valence-electron chi connectivity index (χ1n) is 8.39. The van der Waals surface area contributed by atoms with Crippen molar-refractivity contribution in [2.24, 2.45) is 0 Å². The van der Waals surface area contributed by atoms with E-state index in [1.165, 1.54) is 28.9 Å². The third-order valence-electron chi connectivity index (χ3n) is 4.15. The maximum Gasteiger partial charge on any atom is 0.169 e. The number of nitrogens with zero attached hydrogens (tertiary/aromatic N) is 1. The number of hydrogen-bond donors (Lipinski definition) is 2. The Kier molecular flexibility index (Phi) is 6.21. The van der Waals surface area contributed by atoms with Crippen molar-refractivity contribution >= 4 is 17.3 Å². The van der Waals surface area contributed by atoms with Crippen LogP contribution in [0.5, 0.6) is 0 Å². The van der Waals surface area contributed by atoms with Gasteiger partial charge in [0.2, 0.25) is 0 Å². The Hall–Kier alpha value is -1.13. The molecule has 1 aromatic carbocycles. The predicted octanol–water partition coefficient (Wildman–Crippen LogP) is 1.79. The van der Waals surface area contributed by atoms with Crippen LogP contribution in [0.15, 0.2) is 24.3 Å². The molecule has 0 heterocycles. The van der Waals surface area contributed by atoms with Crippen molar-refractivity contribution in [3.05, 3.63) is 35.4 Å². The lowest BCUT2D eigenvalue weighted by Gasteiger charge is -2.26. The van der Waals surface area contributed by atoms with Crippen molar-refractivity contribution < 1.29 is 4.90 Å². The molecule has 0 unspecified atom stereocenters. The van der Waals surface area contributed by atoms with Crippen LogP contribution in [0.1, 0.15) is 43.7 Å². The van der Waals surface area contributed by atoms with E-state index >= 15 is 0 Å². The van der Waals surface area contributed by atoms with Gasteiger partial charge >= 0.3 is 0 Å². The lowest BCUT2D eigenvalue weighted by Crippen LogP contribution is -3.06. The summed E-state index contributed by atoms with van der Waals surface area (Å²) in [5.74, 6) is 0.588. The summed E-state index contributed by atoms with van der Waals surface area (Å²) in [7, 11) is 4.33. The molecular weight excluding hydrogens is 290 g/mol. The van der Waals surface area contributed by atoms with Gasteiger partial charge in [0.15, 0.2) is 5.11 Å². The van der Waals surface area contributed by atoms with Gasteiger partial charge in [0.1, 0.15) is 0 Å². The summed E-state index contributed by atoms with van der Waals surface area (Å²) in [6, 6.07) is 9.62. The highest BCUT2D eigenvalue weighted by Crippen LogP contribution is 2.28. The van der Waals surface area contributed by atoms with E-state index in [1.807, 2.05) is 0 Å². The lowest BCUT2D eigenvalue weighted by atomic mass is 10.0. The molecule has 0 radical (unpaired) electrons. The molecule has 4 heteroatoms. The summed E-state index contributed by atoms with van der Waals surface area (Å²) in [6.45, 7) is 7.41. The Morgan fingerprint density at radius 3 is 2.41 bits per heavy atom. The molecule has 1 aromatic rings. The molecule has 1 saturated carbocycles. The molecule has 1 aliphatic rings. The monoisotopic (exact) mass is 320 g/mol. The molecule has 0 spiro atoms. The minimum Gasteiger partial charge on any atom is -0.357 e. The average Bonchev–Trinajstić information content (AvgIpc) is 3.29. The van der Waals surface area contributed by atoms with Crippen molar-refractivity contribution in [2.45, 2.75) is 45.2 Å². The van der Waals surface area contributed by atoms with E-state index < -0.39 is 0 Å². The Morgan fingerprint density at radius 1 is 1.27 bits per heavy atom. The van der Waals surface area contributed by atoms with E-state index in [4.69, 9.17) is 12.2 Å². The summed E-state index contributed by atoms with van der Waals surface area (Å²) < 4.78 is 0. The second-order valence-electron chi connectivity index (χ2n) is 6.94. The van der Waals surface area contributed by atoms with Gasteiger partial charge in [-0.1, -0.05) is 38.1 Å². The summed E-state index contributed by atoms with van der Waals surface area (Å²) in [5, 5.41) is 4.34. The van der Waals surface area contributed by atoms with Crippen LogP contribution < -0.4 is 10.2 Å². The van der Waals surface area contributed by atoms with E-state index in [1.54, 1.807) is 0 Å². The van der Waals surface area contributed by atoms with Crippen LogP contribution in [0, 0.1) is 0 Å². The number of quaternary nitrogens is 1. The van der Waals surface area contributed by atoms with Crippen LogP contribution in [0.3, 0.4) is 0 Å². The number of rotatable bonds is 7. The fraction of sp³-hybridized carbons (Fsp3) is 0.611. The second-order valence-corrected chi connectivity index (χ2v) is 7.33. The van der Waals surface area contributed by atoms with E-state index in [2.05, 4.69) is 62.4 Å². The molecule has 2 rings (SSSR count). The second kappa shape index (κ2) is 7.93. The number of nitrogens with one attached hydrogen (secondary N) is 2. The average molecular weight is 321 g/mol. The van der Waals surface area contributed by atoms with Gasteiger partial charge in [-0.2, -0.15) is 0 Å². The summed E-state index contributed by atoms with van der Waals surface area (Å²) in [5.41, 5.74) is 2.75. The van der Waals surface area contributed by atoms with Gasteiger partial charge in [0, 0.05) is 12.6 Å². The molecule has 1 fully saturated rings. The quantitative estimate of drug-likeness (QED) is 0.748. The fourth-order valence-electron chi connectivity index (χ4n) is 2.48. The molecular formula is C18H30N3S+. The van der Waals surface area contributed by atoms with Crippen molar-refractivity contribution in [3.63, 3.8) is 0 Å². The van der Waals surface area contributed by atoms with Gasteiger partial charge < -0.3 is 15.1 Å². The molecule has 0 amide bonds. The highest BCUT2D eigenvalue weighted by molar-refractivity contribution is 7.80. The number of likely N-dealkylation sites (N-methyl/N-ethyl adjacent to an activating group) is 1. The molecule has 1 aliphatic carbocycles. The van der Waals surface area contributed by atoms with Crippen LogP contribution >= 0.6 is 12.2 Å². The zero-order chi connectivity index (χ0) is 16.1. The van der Waals surface area contributed by atoms with Gasteiger partial charge in [-0.25, -0.2) is 0 Å². The molecule has 22 heavy (non-hydrogen) atoms. The third kappa shape index (κ3) is 5.25. The van der Waals surface area contributed by atoms with Crippen LogP contribution in [0.2, 0.25) is 0 Å². The first kappa shape index (κ1) is 17.2. The summed E-state index contributed by atoms with van der Waals surface area (Å²) in [4.78, 5) is 3.81. The summed E-state index contributed by atoms with van der Waals surface area (Å²) >= 11 is 5.62. The minimum atomic E-state index is 0.588. The van der Waals surface area contributed by atoms with Crippen LogP contribution in [0.4, 0.5) is 0 Å². The highest BCUT2D eigenvalue weighted by Gasteiger charge is 2.30. The van der Waals surface area contributed by atoms with E-state index in [-0.39, 0.29) is 0 Å². The first-order valence-corrected chi connectivity index (χ1v) is 8.80. The van der Waals surface area contributed by atoms with Gasteiger partial charge in [0.25, 0.3) is 0 Å². The predicted molar refractivity (Wildman–Crippen MR) is 97.4 cm³/mol. The Bertz CT molecular complexity index is 478. The van der Waals surface area contributed by atoms with Crippen LogP contribution in [-0.4, -0.2) is 43.2 Å². The molecule has 2 N–H and O–H groups in total. The lowest BCUT2D eigenvalue weighted by molar-refractivity contribution is -0.856. The van der Waals surface area contributed by atoms with E-state index in [9.17, 15) is 0 Å². The van der Waals surface area contributed by atoms with Gasteiger partial charge in [0.05, 0.1) is 27.2 Å². The van der Waals surface area contributed by atoms with Crippen molar-refractivity contribution in [3.8, 4) is 0 Å². The molecule has 0 atom stereocenters. The molecule has 0 bridgehead atoms. The van der Waals surface area contributed by atoms with Crippen LogP contribution in [0.25, 0.3) is 0 Å². The maximum absolute atomic E-state index is 5.62. The van der Waals surface area contributed by atoms with Gasteiger partial charge in [-0.05, 0) is 42.1 Å². The molecule has 0 aromatic heterocycles. The molecule has 0 aliphatic heterocycles. The smallest absolute Gasteiger partial charge is 0.169 e. The topological polar surface area (TPSA) is 19.7 Å². The molecule has 122 valence electrons. The SMILES string of the molecule is CC(C)c1ccc(CN(C(=S)NCC[NH+](C)C)C2CC2)cc1. The highest BCUT2D eigenvalue weighted by atomic mass is 32.1. The van der Waals surface area contributed by atoms with Gasteiger partial charge in [-0.3, -0.25) is 0 Å². The van der Waals surface area contributed by atoms with E-state index in [0.29, 0.717) is 12.0 Å². The van der Waals surface area contributed by atoms with Crippen molar-refractivity contribution in [1.29, 1.82) is 0 Å². The fourth-order valence-corrected chi connectivity index (χ4v) is 2.79. The van der Waals surface area contributed by atoms with E-state index in [0.717, 1.165) is 24.7 Å². The normalized spacial score (nSPS) is 14.5. The standard InChI is InChI=1S/C18H29N3S/c1-14(2)16-7-5-15(6-8-16)13-21(17-9-10-17)18(22)19-11-12-20(3)4/h5-8,14,17H,9-13H2,1-4H3,(H,19,22)/p+1. The Labute approximate surface area is 140 Å². The van der Waals surface area contributed by atoms with Gasteiger partial charge in [-0.15, -0.1) is 0 Å². The largest absolute Gasteiger partial charge is 0.357 e. The summed E-state index contributed by atoms with van der Waals surface area (Å²) in [6.07, 6.45) is 2.54. The maximum atomic E-state index is 5.62. The minimum absolute atomic E-state index is 0.588. The Balaban J connectivity index is 1.92. The number of thiocarbonyl (C=S) groups is 1. The molecule has 0 saturated heterocycles. The first-order chi connectivity index (χ1) is 10.5. The number of hydrogen-bond acceptors (Lipinski definition) is 1. The van der Waals surface area contributed by atoms with Crippen molar-refractivity contribution in [2.75, 3.05) is 27.2 Å². The molecule has 3 nitrogen and oxygen atoms in total. The Morgan fingerprint density at radius 2 is 1.91 bits per heavy atom. The zero-order valence-corrected chi connectivity index (χ0v) is 15.2. The third-order valence-corrected chi connectivity index (χ3v) is 4.53. The van der Waals surface area contributed by atoms with Crippen LogP contribution in [-0.2, 0) is 6.54 Å². The zero-order valence-electron chi connectivity index (χ0n) is 14.4.